The van der Waals surface area contributed by atoms with Crippen LogP contribution in [0.4, 0.5) is 8.78 Å². The van der Waals surface area contributed by atoms with Crippen LogP contribution >= 0.6 is 0 Å². The van der Waals surface area contributed by atoms with Crippen LogP contribution < -0.4 is 0 Å². The third kappa shape index (κ3) is 3.07. The molecule has 9 heteroatoms. The van der Waals surface area contributed by atoms with E-state index in [4.69, 9.17) is 0 Å². The van der Waals surface area contributed by atoms with Crippen molar-refractivity contribution in [2.75, 3.05) is 0 Å². The molecule has 4 heterocycles. The first-order valence-electron chi connectivity index (χ1n) is 7.62. The van der Waals surface area contributed by atoms with Gasteiger partial charge >= 0.3 is 0 Å². The van der Waals surface area contributed by atoms with Gasteiger partial charge in [0.05, 0.1) is 35.2 Å². The second-order valence-corrected chi connectivity index (χ2v) is 5.54. The topological polar surface area (TPSA) is 103 Å². The van der Waals surface area contributed by atoms with Crippen molar-refractivity contribution in [3.8, 4) is 22.8 Å². The summed E-state index contributed by atoms with van der Waals surface area (Å²) in [6, 6.07) is 8.78. The first-order valence-corrected chi connectivity index (χ1v) is 7.62. The Hall–Kier alpha value is -3.46. The average molecular weight is 354 g/mol. The van der Waals surface area contributed by atoms with Gasteiger partial charge in [0.1, 0.15) is 29.1 Å². The Morgan fingerprint density at radius 1 is 0.731 bits per heavy atom. The monoisotopic (exact) mass is 354 g/mol. The van der Waals surface area contributed by atoms with Crippen LogP contribution in [0.15, 0.2) is 48.8 Å². The number of hydrogen-bond acceptors (Lipinski definition) is 5. The predicted molar refractivity (Wildman–Crippen MR) is 87.6 cm³/mol. The molecule has 4 aromatic heterocycles. The number of halogens is 2. The lowest BCUT2D eigenvalue weighted by Crippen LogP contribution is -2.00. The number of aromatic amines is 2. The van der Waals surface area contributed by atoms with Crippen molar-refractivity contribution in [1.82, 2.24) is 30.4 Å². The second kappa shape index (κ2) is 6.45. The van der Waals surface area contributed by atoms with E-state index < -0.39 is 17.7 Å². The van der Waals surface area contributed by atoms with E-state index >= 15 is 0 Å². The minimum absolute atomic E-state index is 0.411. The van der Waals surface area contributed by atoms with E-state index in [0.29, 0.717) is 34.2 Å². The Labute approximate surface area is 145 Å². The molecule has 0 aliphatic heterocycles. The van der Waals surface area contributed by atoms with E-state index in [0.717, 1.165) is 12.4 Å². The number of rotatable bonds is 4. The average Bonchev–Trinajstić information content (AvgIpc) is 3.32. The molecule has 0 aliphatic carbocycles. The van der Waals surface area contributed by atoms with E-state index in [1.54, 1.807) is 12.1 Å². The summed E-state index contributed by atoms with van der Waals surface area (Å²) in [4.78, 5) is 7.89. The lowest BCUT2D eigenvalue weighted by molar-refractivity contribution is 0.210. The molecule has 7 nitrogen and oxygen atoms in total. The Balaban J connectivity index is 1.57. The Morgan fingerprint density at radius 3 is 1.58 bits per heavy atom. The van der Waals surface area contributed by atoms with Gasteiger partial charge < -0.3 is 5.11 Å². The minimum Gasteiger partial charge on any atom is -0.380 e. The fraction of sp³-hybridized carbons (Fsp3) is 0.0588. The molecule has 26 heavy (non-hydrogen) atoms. The van der Waals surface area contributed by atoms with Crippen molar-refractivity contribution in [3.05, 3.63) is 71.8 Å². The molecule has 4 aromatic rings. The molecule has 130 valence electrons. The Kier molecular flexibility index (Phi) is 3.98. The molecule has 0 aromatic carbocycles. The molecule has 0 spiro atoms. The quantitative estimate of drug-likeness (QED) is 0.523. The van der Waals surface area contributed by atoms with E-state index in [1.807, 2.05) is 0 Å². The lowest BCUT2D eigenvalue weighted by Gasteiger charge is -2.04. The molecule has 0 saturated carbocycles. The Bertz CT molecular complexity index is 942. The number of aromatic nitrogens is 6. The summed E-state index contributed by atoms with van der Waals surface area (Å²) in [5.74, 6) is -0.882. The van der Waals surface area contributed by atoms with Gasteiger partial charge in [0, 0.05) is 0 Å². The van der Waals surface area contributed by atoms with Gasteiger partial charge in [0.15, 0.2) is 0 Å². The van der Waals surface area contributed by atoms with Crippen LogP contribution in [0.5, 0.6) is 0 Å². The van der Waals surface area contributed by atoms with Gasteiger partial charge in [-0.2, -0.15) is 10.2 Å². The van der Waals surface area contributed by atoms with E-state index in [1.165, 1.54) is 24.3 Å². The number of nitrogens with zero attached hydrogens (tertiary/aromatic N) is 4. The van der Waals surface area contributed by atoms with E-state index in [-0.39, 0.29) is 0 Å². The highest BCUT2D eigenvalue weighted by Gasteiger charge is 2.18. The molecule has 0 aliphatic rings. The molecule has 0 amide bonds. The minimum atomic E-state index is -1.04. The van der Waals surface area contributed by atoms with Gasteiger partial charge in [-0.3, -0.25) is 20.2 Å². The Morgan fingerprint density at radius 2 is 1.19 bits per heavy atom. The van der Waals surface area contributed by atoms with E-state index in [9.17, 15) is 13.9 Å². The van der Waals surface area contributed by atoms with Crippen molar-refractivity contribution in [2.45, 2.75) is 6.10 Å². The zero-order valence-electron chi connectivity index (χ0n) is 13.2. The van der Waals surface area contributed by atoms with Gasteiger partial charge in [0.2, 0.25) is 0 Å². The summed E-state index contributed by atoms with van der Waals surface area (Å²) < 4.78 is 25.9. The van der Waals surface area contributed by atoms with Crippen LogP contribution in [0.2, 0.25) is 0 Å². The largest absolute Gasteiger partial charge is 0.380 e. The highest BCUT2D eigenvalue weighted by atomic mass is 19.1. The van der Waals surface area contributed by atoms with Crippen LogP contribution in [0.1, 0.15) is 17.5 Å². The first kappa shape index (κ1) is 16.0. The molecule has 0 atom stereocenters. The fourth-order valence-corrected chi connectivity index (χ4v) is 2.44. The maximum Gasteiger partial charge on any atom is 0.141 e. The highest BCUT2D eigenvalue weighted by Crippen LogP contribution is 2.25. The fourth-order valence-electron chi connectivity index (χ4n) is 2.44. The van der Waals surface area contributed by atoms with Gasteiger partial charge in [-0.1, -0.05) is 0 Å². The summed E-state index contributed by atoms with van der Waals surface area (Å²) in [5, 5.41) is 24.1. The molecule has 0 radical (unpaired) electrons. The first-order chi connectivity index (χ1) is 12.6. The standard InChI is InChI=1S/C17H12F2N6O/c18-9-1-3-11(20-7-9)13-5-15(24-22-13)17(26)16-6-14(23-25-16)12-4-2-10(19)8-21-12/h1-8,17,26H,(H,22,24)(H,23,25). The van der Waals surface area contributed by atoms with Gasteiger partial charge in [-0.15, -0.1) is 0 Å². The molecule has 3 N–H and O–H groups in total. The molecule has 0 fully saturated rings. The van der Waals surface area contributed by atoms with Crippen LogP contribution in [0, 0.1) is 11.6 Å². The molecule has 0 unspecified atom stereocenters. The van der Waals surface area contributed by atoms with Gasteiger partial charge in [0.25, 0.3) is 0 Å². The number of pyridine rings is 2. The highest BCUT2D eigenvalue weighted by molar-refractivity contribution is 5.56. The number of aliphatic hydroxyl groups excluding tert-OH is 1. The second-order valence-electron chi connectivity index (χ2n) is 5.54. The third-order valence-electron chi connectivity index (χ3n) is 3.76. The summed E-state index contributed by atoms with van der Waals surface area (Å²) in [6.07, 6.45) is 1.15. The van der Waals surface area contributed by atoms with Crippen molar-refractivity contribution in [3.63, 3.8) is 0 Å². The smallest absolute Gasteiger partial charge is 0.141 e. The third-order valence-corrected chi connectivity index (χ3v) is 3.76. The molecule has 0 saturated heterocycles. The number of nitrogens with one attached hydrogen (secondary N) is 2. The number of hydrogen-bond donors (Lipinski definition) is 3. The van der Waals surface area contributed by atoms with Crippen molar-refractivity contribution in [2.24, 2.45) is 0 Å². The zero-order valence-corrected chi connectivity index (χ0v) is 13.2. The van der Waals surface area contributed by atoms with E-state index in [2.05, 4.69) is 30.4 Å². The normalized spacial score (nSPS) is 11.2. The maximum absolute atomic E-state index is 13.0. The molecular weight excluding hydrogens is 342 g/mol. The summed E-state index contributed by atoms with van der Waals surface area (Å²) in [7, 11) is 0. The maximum atomic E-state index is 13.0. The van der Waals surface area contributed by atoms with Crippen LogP contribution in [0.25, 0.3) is 22.8 Å². The molecule has 4 rings (SSSR count). The lowest BCUT2D eigenvalue weighted by atomic mass is 10.1. The van der Waals surface area contributed by atoms with Crippen LogP contribution in [-0.4, -0.2) is 35.5 Å². The predicted octanol–water partition coefficient (Wildman–Crippen LogP) is 2.62. The van der Waals surface area contributed by atoms with Crippen LogP contribution in [-0.2, 0) is 0 Å². The summed E-state index contributed by atoms with van der Waals surface area (Å²) >= 11 is 0. The summed E-state index contributed by atoms with van der Waals surface area (Å²) in [6.45, 7) is 0. The van der Waals surface area contributed by atoms with Crippen molar-refractivity contribution in [1.29, 1.82) is 0 Å². The van der Waals surface area contributed by atoms with Gasteiger partial charge in [-0.25, -0.2) is 8.78 Å². The number of aliphatic hydroxyl groups is 1. The zero-order chi connectivity index (χ0) is 18.1. The molecular formula is C17H12F2N6O. The number of H-pyrrole nitrogens is 2. The SMILES string of the molecule is OC(c1cc(-c2ccc(F)cn2)n[nH]1)c1cc(-c2ccc(F)cn2)n[nH]1. The van der Waals surface area contributed by atoms with Gasteiger partial charge in [-0.05, 0) is 36.4 Å². The van der Waals surface area contributed by atoms with Crippen molar-refractivity contribution >= 4 is 0 Å². The van der Waals surface area contributed by atoms with Crippen molar-refractivity contribution < 1.29 is 13.9 Å². The molecule has 0 bridgehead atoms. The summed E-state index contributed by atoms with van der Waals surface area (Å²) in [5.41, 5.74) is 2.71. The van der Waals surface area contributed by atoms with Crippen LogP contribution in [0.3, 0.4) is 0 Å².